The number of halogens is 1. The molecule has 0 aromatic heterocycles. The molecule has 1 aromatic rings. The number of rotatable bonds is 6. The number of nitrogens with two attached hydrogens (primary N) is 1. The fourth-order valence-electron chi connectivity index (χ4n) is 1.87. The van der Waals surface area contributed by atoms with Crippen LogP contribution in [0.4, 0.5) is 4.39 Å². The molecular formula is C15H23FN2O. The molecule has 0 saturated carbocycles. The number of amides is 1. The fourth-order valence-corrected chi connectivity index (χ4v) is 1.87. The van der Waals surface area contributed by atoms with E-state index in [1.807, 2.05) is 20.8 Å². The first kappa shape index (κ1) is 15.6. The van der Waals surface area contributed by atoms with Crippen LogP contribution in [0.2, 0.25) is 0 Å². The van der Waals surface area contributed by atoms with E-state index in [1.165, 1.54) is 6.07 Å². The van der Waals surface area contributed by atoms with E-state index in [9.17, 15) is 9.18 Å². The standard InChI is InChI=1S/C15H23FN2O/c1-4-18(11-15(2,3)10-17)14(19)9-12-7-5-6-8-13(12)16/h5-8H,4,9-11,17H2,1-3H3. The minimum atomic E-state index is -0.329. The molecule has 3 nitrogen and oxygen atoms in total. The van der Waals surface area contributed by atoms with Gasteiger partial charge in [0, 0.05) is 13.1 Å². The summed E-state index contributed by atoms with van der Waals surface area (Å²) in [4.78, 5) is 13.9. The van der Waals surface area contributed by atoms with Crippen LogP contribution in [-0.4, -0.2) is 30.4 Å². The molecule has 0 aliphatic carbocycles. The van der Waals surface area contributed by atoms with Crippen LogP contribution in [0.25, 0.3) is 0 Å². The van der Waals surface area contributed by atoms with Gasteiger partial charge in [-0.25, -0.2) is 4.39 Å². The van der Waals surface area contributed by atoms with E-state index in [0.717, 1.165) is 0 Å². The molecule has 0 aliphatic rings. The minimum Gasteiger partial charge on any atom is -0.342 e. The highest BCUT2D eigenvalue weighted by molar-refractivity contribution is 5.78. The van der Waals surface area contributed by atoms with Gasteiger partial charge in [-0.3, -0.25) is 4.79 Å². The Bertz CT molecular complexity index is 432. The van der Waals surface area contributed by atoms with Crippen molar-refractivity contribution < 1.29 is 9.18 Å². The van der Waals surface area contributed by atoms with Crippen molar-refractivity contribution in [2.75, 3.05) is 19.6 Å². The molecule has 0 spiro atoms. The topological polar surface area (TPSA) is 46.3 Å². The summed E-state index contributed by atoms with van der Waals surface area (Å²) in [6.45, 7) is 7.67. The Morgan fingerprint density at radius 1 is 1.37 bits per heavy atom. The van der Waals surface area contributed by atoms with Crippen LogP contribution in [0, 0.1) is 11.2 Å². The minimum absolute atomic E-state index is 0.0610. The Labute approximate surface area is 114 Å². The summed E-state index contributed by atoms with van der Waals surface area (Å²) in [5.74, 6) is -0.390. The van der Waals surface area contributed by atoms with Gasteiger partial charge in [-0.1, -0.05) is 32.0 Å². The highest BCUT2D eigenvalue weighted by Crippen LogP contribution is 2.16. The summed E-state index contributed by atoms with van der Waals surface area (Å²) in [5, 5.41) is 0. The predicted octanol–water partition coefficient (Wildman–Crippen LogP) is 2.20. The lowest BCUT2D eigenvalue weighted by Gasteiger charge is -2.31. The molecule has 106 valence electrons. The van der Waals surface area contributed by atoms with E-state index in [0.29, 0.717) is 25.2 Å². The largest absolute Gasteiger partial charge is 0.342 e. The van der Waals surface area contributed by atoms with Gasteiger partial charge in [0.25, 0.3) is 0 Å². The predicted molar refractivity (Wildman–Crippen MR) is 75.2 cm³/mol. The molecule has 0 atom stereocenters. The number of carbonyl (C=O) groups is 1. The Balaban J connectivity index is 2.72. The fraction of sp³-hybridized carbons (Fsp3) is 0.533. The van der Waals surface area contributed by atoms with Crippen LogP contribution in [0.3, 0.4) is 0 Å². The lowest BCUT2D eigenvalue weighted by Crippen LogP contribution is -2.42. The van der Waals surface area contributed by atoms with Crippen LogP contribution >= 0.6 is 0 Å². The van der Waals surface area contributed by atoms with Crippen molar-refractivity contribution in [2.24, 2.45) is 11.1 Å². The van der Waals surface area contributed by atoms with E-state index < -0.39 is 0 Å². The maximum Gasteiger partial charge on any atom is 0.227 e. The Morgan fingerprint density at radius 2 is 2.00 bits per heavy atom. The zero-order chi connectivity index (χ0) is 14.5. The van der Waals surface area contributed by atoms with Crippen LogP contribution in [0.15, 0.2) is 24.3 Å². The van der Waals surface area contributed by atoms with E-state index in [-0.39, 0.29) is 23.6 Å². The van der Waals surface area contributed by atoms with Crippen molar-refractivity contribution in [3.8, 4) is 0 Å². The molecule has 0 fully saturated rings. The first-order valence-corrected chi connectivity index (χ1v) is 6.61. The first-order valence-electron chi connectivity index (χ1n) is 6.61. The third-order valence-corrected chi connectivity index (χ3v) is 3.21. The highest BCUT2D eigenvalue weighted by atomic mass is 19.1. The summed E-state index contributed by atoms with van der Waals surface area (Å²) in [6, 6.07) is 6.39. The second-order valence-corrected chi connectivity index (χ2v) is 5.54. The molecule has 0 aliphatic heterocycles. The van der Waals surface area contributed by atoms with Crippen LogP contribution in [0.5, 0.6) is 0 Å². The summed E-state index contributed by atoms with van der Waals surface area (Å²) in [6.07, 6.45) is 0.0984. The first-order chi connectivity index (χ1) is 8.89. The average molecular weight is 266 g/mol. The summed E-state index contributed by atoms with van der Waals surface area (Å²) < 4.78 is 13.5. The monoisotopic (exact) mass is 266 g/mol. The number of hydrogen-bond acceptors (Lipinski definition) is 2. The Morgan fingerprint density at radius 3 is 2.53 bits per heavy atom. The van der Waals surface area contributed by atoms with Crippen molar-refractivity contribution in [2.45, 2.75) is 27.2 Å². The third kappa shape index (κ3) is 4.63. The van der Waals surface area contributed by atoms with Gasteiger partial charge >= 0.3 is 0 Å². The number of nitrogens with zero attached hydrogens (tertiary/aromatic N) is 1. The normalized spacial score (nSPS) is 11.4. The van der Waals surface area contributed by atoms with Crippen molar-refractivity contribution in [1.29, 1.82) is 0 Å². The molecule has 0 unspecified atom stereocenters. The van der Waals surface area contributed by atoms with E-state index in [4.69, 9.17) is 5.73 Å². The van der Waals surface area contributed by atoms with Gasteiger partial charge in [0.1, 0.15) is 5.82 Å². The van der Waals surface area contributed by atoms with Gasteiger partial charge in [-0.2, -0.15) is 0 Å². The SMILES string of the molecule is CCN(CC(C)(C)CN)C(=O)Cc1ccccc1F. The van der Waals surface area contributed by atoms with Crippen LogP contribution in [0.1, 0.15) is 26.3 Å². The second-order valence-electron chi connectivity index (χ2n) is 5.54. The lowest BCUT2D eigenvalue weighted by atomic mass is 9.93. The molecule has 4 heteroatoms. The smallest absolute Gasteiger partial charge is 0.227 e. The molecule has 1 aromatic carbocycles. The number of hydrogen-bond donors (Lipinski definition) is 1. The number of carbonyl (C=O) groups excluding carboxylic acids is 1. The number of benzene rings is 1. The van der Waals surface area contributed by atoms with E-state index in [1.54, 1.807) is 23.1 Å². The second kappa shape index (κ2) is 6.66. The van der Waals surface area contributed by atoms with Crippen molar-refractivity contribution in [3.63, 3.8) is 0 Å². The zero-order valence-electron chi connectivity index (χ0n) is 11.9. The summed E-state index contributed by atoms with van der Waals surface area (Å²) in [5.41, 5.74) is 6.01. The van der Waals surface area contributed by atoms with Gasteiger partial charge in [-0.05, 0) is 30.5 Å². The maximum absolute atomic E-state index is 13.5. The molecule has 0 radical (unpaired) electrons. The summed E-state index contributed by atoms with van der Waals surface area (Å²) in [7, 11) is 0. The van der Waals surface area contributed by atoms with Crippen molar-refractivity contribution in [3.05, 3.63) is 35.6 Å². The zero-order valence-corrected chi connectivity index (χ0v) is 11.9. The van der Waals surface area contributed by atoms with E-state index in [2.05, 4.69) is 0 Å². The molecular weight excluding hydrogens is 243 g/mol. The quantitative estimate of drug-likeness (QED) is 0.858. The van der Waals surface area contributed by atoms with Gasteiger partial charge in [-0.15, -0.1) is 0 Å². The summed E-state index contributed by atoms with van der Waals surface area (Å²) >= 11 is 0. The molecule has 1 amide bonds. The third-order valence-electron chi connectivity index (χ3n) is 3.21. The van der Waals surface area contributed by atoms with Gasteiger partial charge in [0.05, 0.1) is 6.42 Å². The molecule has 19 heavy (non-hydrogen) atoms. The molecule has 0 saturated heterocycles. The maximum atomic E-state index is 13.5. The van der Waals surface area contributed by atoms with Crippen molar-refractivity contribution >= 4 is 5.91 Å². The average Bonchev–Trinajstić information content (AvgIpc) is 2.38. The van der Waals surface area contributed by atoms with Crippen LogP contribution in [-0.2, 0) is 11.2 Å². The molecule has 0 heterocycles. The van der Waals surface area contributed by atoms with Gasteiger partial charge in [0.2, 0.25) is 5.91 Å². The molecule has 1 rings (SSSR count). The Hall–Kier alpha value is -1.42. The Kier molecular flexibility index (Phi) is 5.48. The van der Waals surface area contributed by atoms with Crippen molar-refractivity contribution in [1.82, 2.24) is 4.90 Å². The van der Waals surface area contributed by atoms with Gasteiger partial charge < -0.3 is 10.6 Å². The van der Waals surface area contributed by atoms with Crippen LogP contribution < -0.4 is 5.73 Å². The molecule has 0 bridgehead atoms. The number of likely N-dealkylation sites (N-methyl/N-ethyl adjacent to an activating group) is 1. The highest BCUT2D eigenvalue weighted by Gasteiger charge is 2.23. The van der Waals surface area contributed by atoms with Gasteiger partial charge in [0.15, 0.2) is 0 Å². The molecule has 2 N–H and O–H groups in total. The lowest BCUT2D eigenvalue weighted by molar-refractivity contribution is -0.131. The van der Waals surface area contributed by atoms with E-state index >= 15 is 0 Å².